The van der Waals surface area contributed by atoms with Gasteiger partial charge in [0.05, 0.1) is 10.9 Å². The molecule has 0 saturated carbocycles. The molecule has 1 atom stereocenters. The molecule has 0 amide bonds. The Hall–Kier alpha value is -1.09. The molecule has 0 aliphatic carbocycles. The first-order valence-corrected chi connectivity index (χ1v) is 5.45. The maximum absolute atomic E-state index is 13.7. The number of aliphatic carboxylic acids is 1. The number of aryl methyl sites for hydroxylation is 1. The number of carbonyl (C=O) groups is 1. The van der Waals surface area contributed by atoms with Crippen molar-refractivity contribution in [2.24, 2.45) is 0 Å². The van der Waals surface area contributed by atoms with Crippen LogP contribution < -0.4 is 0 Å². The molecule has 0 saturated heterocycles. The molecule has 0 fully saturated rings. The summed E-state index contributed by atoms with van der Waals surface area (Å²) in [4.78, 5) is 11.0. The Morgan fingerprint density at radius 1 is 1.56 bits per heavy atom. The lowest BCUT2D eigenvalue weighted by atomic mass is 9.91. The highest BCUT2D eigenvalue weighted by Crippen LogP contribution is 2.31. The van der Waals surface area contributed by atoms with Crippen molar-refractivity contribution in [3.63, 3.8) is 0 Å². The first kappa shape index (κ1) is 13.0. The topological polar surface area (TPSA) is 37.3 Å². The normalized spacial score (nSPS) is 12.6. The van der Waals surface area contributed by atoms with Crippen molar-refractivity contribution in [2.75, 3.05) is 0 Å². The monoisotopic (exact) mass is 244 g/mol. The molecular weight excluding hydrogens is 231 g/mol. The molecule has 4 heteroatoms. The summed E-state index contributed by atoms with van der Waals surface area (Å²) in [5, 5.41) is 9.12. The van der Waals surface area contributed by atoms with E-state index in [1.165, 1.54) is 0 Å². The van der Waals surface area contributed by atoms with Crippen LogP contribution >= 0.6 is 11.6 Å². The van der Waals surface area contributed by atoms with E-state index in [1.54, 1.807) is 26.8 Å². The van der Waals surface area contributed by atoms with Gasteiger partial charge in [0.1, 0.15) is 5.82 Å². The van der Waals surface area contributed by atoms with Crippen LogP contribution in [0, 0.1) is 19.7 Å². The van der Waals surface area contributed by atoms with Gasteiger partial charge in [0.25, 0.3) is 0 Å². The molecule has 0 aliphatic rings. The molecule has 1 aromatic rings. The predicted octanol–water partition coefficient (Wildman–Crippen LogP) is 3.67. The van der Waals surface area contributed by atoms with E-state index >= 15 is 0 Å². The molecule has 88 valence electrons. The van der Waals surface area contributed by atoms with E-state index in [2.05, 4.69) is 0 Å². The third-order valence-electron chi connectivity index (χ3n) is 2.75. The van der Waals surface area contributed by atoms with Crippen LogP contribution in [0.25, 0.3) is 0 Å². The second kappa shape index (κ2) is 4.83. The Bertz CT molecular complexity index is 430. The van der Waals surface area contributed by atoms with Crippen LogP contribution in [-0.4, -0.2) is 11.1 Å². The molecule has 0 aliphatic heterocycles. The van der Waals surface area contributed by atoms with Crippen molar-refractivity contribution in [3.8, 4) is 0 Å². The highest BCUT2D eigenvalue weighted by atomic mass is 35.5. The van der Waals surface area contributed by atoms with Gasteiger partial charge in [0.2, 0.25) is 0 Å². The highest BCUT2D eigenvalue weighted by Gasteiger charge is 2.23. The number of carboxylic acids is 1. The number of rotatable bonds is 3. The first-order chi connectivity index (χ1) is 7.40. The standard InChI is InChI=1S/C12H14ClFO2/c1-4-8(12(15)16)9-5-6(2)10(13)11(14)7(9)3/h5,8H,4H2,1-3H3,(H,15,16). The van der Waals surface area contributed by atoms with E-state index in [0.29, 0.717) is 23.1 Å². The van der Waals surface area contributed by atoms with Crippen LogP contribution in [0.3, 0.4) is 0 Å². The van der Waals surface area contributed by atoms with E-state index in [0.717, 1.165) is 0 Å². The van der Waals surface area contributed by atoms with E-state index in [9.17, 15) is 9.18 Å². The zero-order valence-electron chi connectivity index (χ0n) is 9.47. The lowest BCUT2D eigenvalue weighted by molar-refractivity contribution is -0.138. The summed E-state index contributed by atoms with van der Waals surface area (Å²) in [6.07, 6.45) is 0.427. The van der Waals surface area contributed by atoms with Crippen LogP contribution in [0.5, 0.6) is 0 Å². The van der Waals surface area contributed by atoms with Crippen LogP contribution in [0.4, 0.5) is 4.39 Å². The Morgan fingerprint density at radius 2 is 2.12 bits per heavy atom. The van der Waals surface area contributed by atoms with Gasteiger partial charge in [-0.2, -0.15) is 0 Å². The van der Waals surface area contributed by atoms with Crippen molar-refractivity contribution in [3.05, 3.63) is 33.6 Å². The largest absolute Gasteiger partial charge is 0.481 e. The fourth-order valence-corrected chi connectivity index (χ4v) is 1.96. The van der Waals surface area contributed by atoms with Gasteiger partial charge in [-0.25, -0.2) is 4.39 Å². The summed E-state index contributed by atoms with van der Waals surface area (Å²) < 4.78 is 13.7. The second-order valence-electron chi connectivity index (χ2n) is 3.83. The van der Waals surface area contributed by atoms with Gasteiger partial charge < -0.3 is 5.11 Å². The fraction of sp³-hybridized carbons (Fsp3) is 0.417. The number of benzene rings is 1. The average Bonchev–Trinajstić information content (AvgIpc) is 2.23. The minimum Gasteiger partial charge on any atom is -0.481 e. The van der Waals surface area contributed by atoms with E-state index in [-0.39, 0.29) is 5.02 Å². The molecule has 0 aromatic heterocycles. The number of hydrogen-bond donors (Lipinski definition) is 1. The Kier molecular flexibility index (Phi) is 3.92. The zero-order valence-corrected chi connectivity index (χ0v) is 10.2. The molecule has 0 spiro atoms. The summed E-state index contributed by atoms with van der Waals surface area (Å²) >= 11 is 5.76. The molecule has 1 N–H and O–H groups in total. The number of hydrogen-bond acceptors (Lipinski definition) is 1. The van der Waals surface area contributed by atoms with Gasteiger partial charge in [0, 0.05) is 0 Å². The van der Waals surface area contributed by atoms with E-state index in [4.69, 9.17) is 16.7 Å². The maximum Gasteiger partial charge on any atom is 0.310 e. The fourth-order valence-electron chi connectivity index (χ4n) is 1.76. The summed E-state index contributed by atoms with van der Waals surface area (Å²) in [6, 6.07) is 1.66. The summed E-state index contributed by atoms with van der Waals surface area (Å²) in [5.41, 5.74) is 1.40. The molecule has 0 heterocycles. The third-order valence-corrected chi connectivity index (χ3v) is 3.22. The minimum atomic E-state index is -0.938. The zero-order chi connectivity index (χ0) is 12.5. The smallest absolute Gasteiger partial charge is 0.310 e. The van der Waals surface area contributed by atoms with Crippen molar-refractivity contribution in [1.82, 2.24) is 0 Å². The SMILES string of the molecule is CCC(C(=O)O)c1cc(C)c(Cl)c(F)c1C. The Labute approximate surface area is 99.0 Å². The third kappa shape index (κ3) is 2.19. The molecule has 1 rings (SSSR count). The molecule has 1 unspecified atom stereocenters. The van der Waals surface area contributed by atoms with Gasteiger partial charge >= 0.3 is 5.97 Å². The molecule has 2 nitrogen and oxygen atoms in total. The molecule has 0 radical (unpaired) electrons. The van der Waals surface area contributed by atoms with Crippen molar-refractivity contribution < 1.29 is 14.3 Å². The molecular formula is C12H14ClFO2. The summed E-state index contributed by atoms with van der Waals surface area (Å²) in [7, 11) is 0. The number of halogens is 2. The molecule has 1 aromatic carbocycles. The van der Waals surface area contributed by atoms with Gasteiger partial charge in [-0.15, -0.1) is 0 Å². The Morgan fingerprint density at radius 3 is 2.56 bits per heavy atom. The van der Waals surface area contributed by atoms with Gasteiger partial charge in [-0.1, -0.05) is 24.6 Å². The number of carboxylic acid groups (broad SMARTS) is 1. The van der Waals surface area contributed by atoms with Gasteiger partial charge in [-0.3, -0.25) is 4.79 Å². The average molecular weight is 245 g/mol. The maximum atomic E-state index is 13.7. The molecule has 16 heavy (non-hydrogen) atoms. The predicted molar refractivity (Wildman–Crippen MR) is 61.6 cm³/mol. The molecule has 0 bridgehead atoms. The highest BCUT2D eigenvalue weighted by molar-refractivity contribution is 6.31. The lowest BCUT2D eigenvalue weighted by Crippen LogP contribution is -2.13. The second-order valence-corrected chi connectivity index (χ2v) is 4.21. The van der Waals surface area contributed by atoms with Crippen LogP contribution in [0.2, 0.25) is 5.02 Å². The summed E-state index contributed by atoms with van der Waals surface area (Å²) in [6.45, 7) is 4.99. The van der Waals surface area contributed by atoms with Crippen molar-refractivity contribution in [1.29, 1.82) is 0 Å². The quantitative estimate of drug-likeness (QED) is 0.881. The van der Waals surface area contributed by atoms with Crippen molar-refractivity contribution >= 4 is 17.6 Å². The lowest BCUT2D eigenvalue weighted by Gasteiger charge is -2.16. The van der Waals surface area contributed by atoms with Crippen LogP contribution in [-0.2, 0) is 4.79 Å². The summed E-state index contributed by atoms with van der Waals surface area (Å²) in [5.74, 6) is -2.13. The van der Waals surface area contributed by atoms with Gasteiger partial charge in [-0.05, 0) is 37.0 Å². The van der Waals surface area contributed by atoms with Crippen LogP contribution in [0.1, 0.15) is 36.0 Å². The first-order valence-electron chi connectivity index (χ1n) is 5.08. The van der Waals surface area contributed by atoms with E-state index < -0.39 is 17.7 Å². The van der Waals surface area contributed by atoms with Crippen molar-refractivity contribution in [2.45, 2.75) is 33.1 Å². The van der Waals surface area contributed by atoms with Crippen LogP contribution in [0.15, 0.2) is 6.07 Å². The van der Waals surface area contributed by atoms with E-state index in [1.807, 2.05) is 0 Å². The minimum absolute atomic E-state index is 0.0708. The Balaban J connectivity index is 3.39. The van der Waals surface area contributed by atoms with Gasteiger partial charge in [0.15, 0.2) is 0 Å².